The second-order valence-corrected chi connectivity index (χ2v) is 9.08. The van der Waals surface area contributed by atoms with Crippen molar-refractivity contribution < 1.29 is 17.9 Å². The molecule has 0 aliphatic rings. The molecule has 0 unspecified atom stereocenters. The lowest BCUT2D eigenvalue weighted by Crippen LogP contribution is -2.17. The third kappa shape index (κ3) is 7.59. The van der Waals surface area contributed by atoms with Crippen LogP contribution in [-0.4, -0.2) is 48.4 Å². The van der Waals surface area contributed by atoms with E-state index in [1.54, 1.807) is 12.1 Å². The normalized spacial score (nSPS) is 11.6. The lowest BCUT2D eigenvalue weighted by atomic mass is 10.1. The Morgan fingerprint density at radius 2 is 1.74 bits per heavy atom. The summed E-state index contributed by atoms with van der Waals surface area (Å²) in [6, 6.07) is 11.4. The standard InChI is InChI=1S/C24H27BrF3N5O/c1-15-11-18(25)12-16(2)22(15)31-21-14-20(30-23(32-21)29-9-6-10-33(3)4)17-7-5-8-19(13-17)34-24(26,27)28/h5,7-8,11-14H,6,9-10H2,1-4H3,(H2,29,30,31,32). The van der Waals surface area contributed by atoms with E-state index in [0.29, 0.717) is 29.6 Å². The molecule has 0 saturated carbocycles. The Kier molecular flexibility index (Phi) is 8.37. The molecular formula is C24H27BrF3N5O. The van der Waals surface area contributed by atoms with Gasteiger partial charge < -0.3 is 20.3 Å². The van der Waals surface area contributed by atoms with E-state index >= 15 is 0 Å². The van der Waals surface area contributed by atoms with Crippen LogP contribution in [0.1, 0.15) is 17.5 Å². The Morgan fingerprint density at radius 3 is 2.38 bits per heavy atom. The number of rotatable bonds is 9. The molecule has 0 bridgehead atoms. The molecule has 0 amide bonds. The summed E-state index contributed by atoms with van der Waals surface area (Å²) in [4.78, 5) is 11.2. The molecule has 1 aromatic heterocycles. The van der Waals surface area contributed by atoms with Crippen LogP contribution in [0.4, 0.5) is 30.6 Å². The zero-order chi connectivity index (χ0) is 24.9. The number of hydrogen-bond acceptors (Lipinski definition) is 6. The van der Waals surface area contributed by atoms with E-state index in [1.165, 1.54) is 18.2 Å². The minimum Gasteiger partial charge on any atom is -0.406 e. The van der Waals surface area contributed by atoms with Gasteiger partial charge in [0.2, 0.25) is 5.95 Å². The van der Waals surface area contributed by atoms with Crippen LogP contribution in [0.3, 0.4) is 0 Å². The monoisotopic (exact) mass is 537 g/mol. The summed E-state index contributed by atoms with van der Waals surface area (Å²) in [5.74, 6) is 0.599. The van der Waals surface area contributed by atoms with Gasteiger partial charge in [-0.25, -0.2) is 4.98 Å². The molecule has 34 heavy (non-hydrogen) atoms. The molecule has 0 spiro atoms. The van der Waals surface area contributed by atoms with E-state index in [1.807, 2.05) is 40.1 Å². The van der Waals surface area contributed by atoms with Gasteiger partial charge in [0.25, 0.3) is 0 Å². The zero-order valence-electron chi connectivity index (χ0n) is 19.4. The Balaban J connectivity index is 1.96. The molecule has 0 aliphatic heterocycles. The first-order chi connectivity index (χ1) is 16.0. The summed E-state index contributed by atoms with van der Waals surface area (Å²) in [6.07, 6.45) is -3.89. The molecule has 0 radical (unpaired) electrons. The smallest absolute Gasteiger partial charge is 0.406 e. The maximum atomic E-state index is 12.7. The number of hydrogen-bond donors (Lipinski definition) is 2. The number of nitrogens with one attached hydrogen (secondary N) is 2. The van der Waals surface area contributed by atoms with Crippen molar-refractivity contribution in [1.82, 2.24) is 14.9 Å². The van der Waals surface area contributed by atoms with Gasteiger partial charge in [-0.05, 0) is 76.3 Å². The average molecular weight is 538 g/mol. The Hall–Kier alpha value is -2.85. The first-order valence-corrected chi connectivity index (χ1v) is 11.5. The number of halogens is 4. The van der Waals surface area contributed by atoms with Crippen molar-refractivity contribution in [3.8, 4) is 17.0 Å². The number of anilines is 3. The summed E-state index contributed by atoms with van der Waals surface area (Å²) >= 11 is 3.50. The number of aromatic nitrogens is 2. The van der Waals surface area contributed by atoms with Crippen molar-refractivity contribution in [2.24, 2.45) is 0 Å². The largest absolute Gasteiger partial charge is 0.573 e. The highest BCUT2D eigenvalue weighted by molar-refractivity contribution is 9.10. The molecular weight excluding hydrogens is 511 g/mol. The van der Waals surface area contributed by atoms with Crippen LogP contribution in [0.15, 0.2) is 46.9 Å². The highest BCUT2D eigenvalue weighted by atomic mass is 79.9. The fraction of sp³-hybridized carbons (Fsp3) is 0.333. The lowest BCUT2D eigenvalue weighted by molar-refractivity contribution is -0.274. The van der Waals surface area contributed by atoms with Gasteiger partial charge in [0, 0.05) is 28.3 Å². The van der Waals surface area contributed by atoms with E-state index < -0.39 is 6.36 Å². The minimum absolute atomic E-state index is 0.307. The molecule has 2 aromatic carbocycles. The Morgan fingerprint density at radius 1 is 1.03 bits per heavy atom. The maximum Gasteiger partial charge on any atom is 0.573 e. The SMILES string of the molecule is Cc1cc(Br)cc(C)c1Nc1cc(-c2cccc(OC(F)(F)F)c2)nc(NCCCN(C)C)n1. The van der Waals surface area contributed by atoms with E-state index in [4.69, 9.17) is 0 Å². The number of benzene rings is 2. The molecule has 0 atom stereocenters. The van der Waals surface area contributed by atoms with Crippen molar-refractivity contribution in [2.45, 2.75) is 26.6 Å². The summed E-state index contributed by atoms with van der Waals surface area (Å²) < 4.78 is 43.2. The molecule has 6 nitrogen and oxygen atoms in total. The van der Waals surface area contributed by atoms with Crippen LogP contribution < -0.4 is 15.4 Å². The highest BCUT2D eigenvalue weighted by Gasteiger charge is 2.31. The number of alkyl halides is 3. The van der Waals surface area contributed by atoms with Crippen LogP contribution in [0.2, 0.25) is 0 Å². The van der Waals surface area contributed by atoms with E-state index in [-0.39, 0.29) is 5.75 Å². The summed E-state index contributed by atoms with van der Waals surface area (Å²) in [5.41, 5.74) is 3.89. The summed E-state index contributed by atoms with van der Waals surface area (Å²) in [7, 11) is 4.00. The average Bonchev–Trinajstić information content (AvgIpc) is 2.72. The second-order valence-electron chi connectivity index (χ2n) is 8.16. The number of ether oxygens (including phenoxy) is 1. The van der Waals surface area contributed by atoms with Crippen molar-refractivity contribution in [3.63, 3.8) is 0 Å². The third-order valence-corrected chi connectivity index (χ3v) is 5.36. The second kappa shape index (κ2) is 11.1. The van der Waals surface area contributed by atoms with E-state index in [0.717, 1.165) is 34.3 Å². The topological polar surface area (TPSA) is 62.3 Å². The third-order valence-electron chi connectivity index (χ3n) is 4.91. The summed E-state index contributed by atoms with van der Waals surface area (Å²) in [5, 5.41) is 6.57. The minimum atomic E-state index is -4.77. The van der Waals surface area contributed by atoms with Crippen LogP contribution in [0.25, 0.3) is 11.3 Å². The van der Waals surface area contributed by atoms with Gasteiger partial charge in [-0.3, -0.25) is 0 Å². The van der Waals surface area contributed by atoms with Gasteiger partial charge >= 0.3 is 6.36 Å². The first-order valence-electron chi connectivity index (χ1n) is 10.7. The van der Waals surface area contributed by atoms with Crippen LogP contribution in [0.5, 0.6) is 5.75 Å². The van der Waals surface area contributed by atoms with Crippen LogP contribution in [-0.2, 0) is 0 Å². The fourth-order valence-electron chi connectivity index (χ4n) is 3.42. The fourth-order valence-corrected chi connectivity index (χ4v) is 4.11. The molecule has 0 aliphatic carbocycles. The van der Waals surface area contributed by atoms with Gasteiger partial charge in [-0.1, -0.05) is 28.1 Å². The van der Waals surface area contributed by atoms with Crippen molar-refractivity contribution >= 4 is 33.4 Å². The number of nitrogens with zero attached hydrogens (tertiary/aromatic N) is 3. The lowest BCUT2D eigenvalue weighted by Gasteiger charge is -2.16. The first kappa shape index (κ1) is 25.8. The van der Waals surface area contributed by atoms with Gasteiger partial charge in [-0.15, -0.1) is 13.2 Å². The molecule has 0 fully saturated rings. The predicted octanol–water partition coefficient (Wildman–Crippen LogP) is 6.53. The number of aryl methyl sites for hydroxylation is 2. The highest BCUT2D eigenvalue weighted by Crippen LogP contribution is 2.31. The predicted molar refractivity (Wildman–Crippen MR) is 133 cm³/mol. The maximum absolute atomic E-state index is 12.7. The van der Waals surface area contributed by atoms with E-state index in [9.17, 15) is 13.2 Å². The Bertz CT molecular complexity index is 1110. The molecule has 1 heterocycles. The molecule has 3 rings (SSSR count). The zero-order valence-corrected chi connectivity index (χ0v) is 21.0. The van der Waals surface area contributed by atoms with Crippen LogP contribution >= 0.6 is 15.9 Å². The van der Waals surface area contributed by atoms with Crippen molar-refractivity contribution in [1.29, 1.82) is 0 Å². The van der Waals surface area contributed by atoms with Crippen molar-refractivity contribution in [3.05, 3.63) is 58.1 Å². The molecule has 3 aromatic rings. The van der Waals surface area contributed by atoms with Gasteiger partial charge in [-0.2, -0.15) is 4.98 Å². The van der Waals surface area contributed by atoms with Crippen molar-refractivity contribution in [2.75, 3.05) is 37.8 Å². The quantitative estimate of drug-likeness (QED) is 0.302. The molecule has 182 valence electrons. The van der Waals surface area contributed by atoms with Gasteiger partial charge in [0.15, 0.2) is 0 Å². The molecule has 0 saturated heterocycles. The summed E-state index contributed by atoms with van der Waals surface area (Å²) in [6.45, 7) is 5.52. The van der Waals surface area contributed by atoms with Crippen LogP contribution in [0, 0.1) is 13.8 Å². The Labute approximate surface area is 205 Å². The van der Waals surface area contributed by atoms with Gasteiger partial charge in [0.1, 0.15) is 11.6 Å². The molecule has 2 N–H and O–H groups in total. The molecule has 10 heteroatoms. The van der Waals surface area contributed by atoms with E-state index in [2.05, 4.69) is 46.2 Å². The van der Waals surface area contributed by atoms with Gasteiger partial charge in [0.05, 0.1) is 5.69 Å².